The van der Waals surface area contributed by atoms with Gasteiger partial charge in [0.1, 0.15) is 17.8 Å². The average Bonchev–Trinajstić information content (AvgIpc) is 2.77. The van der Waals surface area contributed by atoms with Crippen LogP contribution in [0.15, 0.2) is 55.1 Å². The topological polar surface area (TPSA) is 156 Å². The van der Waals surface area contributed by atoms with Gasteiger partial charge in [0.25, 0.3) is 11.8 Å². The summed E-state index contributed by atoms with van der Waals surface area (Å²) in [5.41, 5.74) is 17.1. The van der Waals surface area contributed by atoms with Crippen LogP contribution in [-0.2, 0) is 0 Å². The zero-order valence-electron chi connectivity index (χ0n) is 15.3. The minimum atomic E-state index is -0.397. The molecule has 2 aromatic heterocycles. The van der Waals surface area contributed by atoms with Crippen LogP contribution in [0.1, 0.15) is 20.7 Å². The average molecular weight is 394 g/mol. The lowest BCUT2D eigenvalue weighted by Crippen LogP contribution is -2.32. The summed E-state index contributed by atoms with van der Waals surface area (Å²) < 4.78 is 5.05. The summed E-state index contributed by atoms with van der Waals surface area (Å²) in [7, 11) is 1.54. The summed E-state index contributed by atoms with van der Waals surface area (Å²) in [6.45, 7) is 0. The number of nitrogen functional groups attached to an aromatic ring is 1. The van der Waals surface area contributed by atoms with Crippen LogP contribution in [0.2, 0.25) is 0 Å². The predicted molar refractivity (Wildman–Crippen MR) is 106 cm³/mol. The lowest BCUT2D eigenvalue weighted by Gasteiger charge is -2.13. The Morgan fingerprint density at radius 3 is 1.90 bits per heavy atom. The van der Waals surface area contributed by atoms with Gasteiger partial charge in [0.2, 0.25) is 0 Å². The maximum Gasteiger partial charge on any atom is 0.269 e. The first kappa shape index (κ1) is 19.4. The second-order valence-electron chi connectivity index (χ2n) is 5.61. The number of benzene rings is 1. The van der Waals surface area contributed by atoms with Crippen LogP contribution in [0.5, 0.6) is 5.75 Å². The van der Waals surface area contributed by atoms with E-state index in [1.54, 1.807) is 43.5 Å². The number of carbonyl (C=O) groups excluding carboxylic acids is 2. The molecule has 1 aromatic carbocycles. The van der Waals surface area contributed by atoms with Gasteiger partial charge < -0.3 is 10.5 Å². The molecule has 29 heavy (non-hydrogen) atoms. The normalized spacial score (nSPS) is 9.97. The highest BCUT2D eigenvalue weighted by atomic mass is 16.5. The van der Waals surface area contributed by atoms with E-state index in [1.807, 2.05) is 0 Å². The quantitative estimate of drug-likeness (QED) is 0.368. The molecule has 2 amide bonds. The number of pyridine rings is 1. The van der Waals surface area contributed by atoms with Crippen LogP contribution < -0.4 is 32.2 Å². The SMILES string of the molecule is COc1ccc(C(=O)NNc2ncnc(NNC(=O)c3ccncc3)c2N)cc1. The fraction of sp³-hybridized carbons (Fsp3) is 0.0556. The van der Waals surface area contributed by atoms with Gasteiger partial charge in [-0.15, -0.1) is 0 Å². The minimum Gasteiger partial charge on any atom is -0.497 e. The van der Waals surface area contributed by atoms with Gasteiger partial charge in [-0.05, 0) is 36.4 Å². The molecule has 11 heteroatoms. The molecule has 2 heterocycles. The smallest absolute Gasteiger partial charge is 0.269 e. The number of amides is 2. The van der Waals surface area contributed by atoms with Crippen molar-refractivity contribution in [2.45, 2.75) is 0 Å². The van der Waals surface area contributed by atoms with Crippen LogP contribution in [0.3, 0.4) is 0 Å². The van der Waals surface area contributed by atoms with Crippen molar-refractivity contribution in [2.75, 3.05) is 23.7 Å². The molecule has 11 nitrogen and oxygen atoms in total. The van der Waals surface area contributed by atoms with Crippen LogP contribution in [0.4, 0.5) is 17.3 Å². The maximum absolute atomic E-state index is 12.2. The first-order chi connectivity index (χ1) is 14.1. The van der Waals surface area contributed by atoms with E-state index < -0.39 is 11.8 Å². The molecule has 0 saturated heterocycles. The number of hydrogen-bond acceptors (Lipinski definition) is 9. The summed E-state index contributed by atoms with van der Waals surface area (Å²) in [5.74, 6) is 0.157. The van der Waals surface area contributed by atoms with E-state index in [9.17, 15) is 9.59 Å². The van der Waals surface area contributed by atoms with Gasteiger partial charge in [0.05, 0.1) is 7.11 Å². The van der Waals surface area contributed by atoms with Crippen LogP contribution in [-0.4, -0.2) is 33.9 Å². The zero-order valence-corrected chi connectivity index (χ0v) is 15.3. The van der Waals surface area contributed by atoms with E-state index in [-0.39, 0.29) is 17.3 Å². The summed E-state index contributed by atoms with van der Waals surface area (Å²) in [5, 5.41) is 0. The number of ether oxygens (including phenoxy) is 1. The van der Waals surface area contributed by atoms with Gasteiger partial charge in [0, 0.05) is 23.5 Å². The summed E-state index contributed by atoms with van der Waals surface area (Å²) in [6, 6.07) is 9.68. The molecule has 0 fully saturated rings. The second-order valence-corrected chi connectivity index (χ2v) is 5.61. The molecule has 0 unspecified atom stereocenters. The van der Waals surface area contributed by atoms with E-state index in [4.69, 9.17) is 10.5 Å². The third-order valence-corrected chi connectivity index (χ3v) is 3.77. The first-order valence-electron chi connectivity index (χ1n) is 8.35. The van der Waals surface area contributed by atoms with Gasteiger partial charge in [-0.1, -0.05) is 0 Å². The second kappa shape index (κ2) is 8.99. The Morgan fingerprint density at radius 1 is 0.862 bits per heavy atom. The van der Waals surface area contributed by atoms with Crippen LogP contribution in [0.25, 0.3) is 0 Å². The molecular weight excluding hydrogens is 376 g/mol. The van der Waals surface area contributed by atoms with E-state index in [1.165, 1.54) is 18.7 Å². The molecule has 0 aliphatic rings. The zero-order chi connectivity index (χ0) is 20.6. The standard InChI is InChI=1S/C18H18N8O3/c1-29-13-4-2-11(3-5-13)17(27)25-23-15-14(19)16(22-10-21-15)24-26-18(28)12-6-8-20-9-7-12/h2-10H,19H2,1H3,(H,25,27)(H,26,28)(H2,21,22,23,24). The van der Waals surface area contributed by atoms with Crippen molar-refractivity contribution < 1.29 is 14.3 Å². The third kappa shape index (κ3) is 4.86. The highest BCUT2D eigenvalue weighted by molar-refractivity contribution is 5.96. The van der Waals surface area contributed by atoms with Crippen LogP contribution in [0, 0.1) is 0 Å². The molecule has 3 aromatic rings. The molecular formula is C18H18N8O3. The van der Waals surface area contributed by atoms with Crippen molar-refractivity contribution in [3.05, 3.63) is 66.2 Å². The largest absolute Gasteiger partial charge is 0.497 e. The van der Waals surface area contributed by atoms with Gasteiger partial charge in [-0.2, -0.15) is 0 Å². The molecule has 0 saturated carbocycles. The Balaban J connectivity index is 1.60. The molecule has 0 aliphatic carbocycles. The van der Waals surface area contributed by atoms with E-state index >= 15 is 0 Å². The van der Waals surface area contributed by atoms with Crippen molar-refractivity contribution in [3.8, 4) is 5.75 Å². The molecule has 0 atom stereocenters. The number of rotatable bonds is 7. The molecule has 6 N–H and O–H groups in total. The fourth-order valence-electron chi connectivity index (χ4n) is 2.22. The Kier molecular flexibility index (Phi) is 6.00. The summed E-state index contributed by atoms with van der Waals surface area (Å²) in [6.07, 6.45) is 4.22. The number of carbonyl (C=O) groups is 2. The van der Waals surface area contributed by atoms with Crippen LogP contribution >= 0.6 is 0 Å². The number of anilines is 3. The minimum absolute atomic E-state index is 0.0950. The number of aromatic nitrogens is 3. The van der Waals surface area contributed by atoms with Gasteiger partial charge >= 0.3 is 0 Å². The number of nitrogens with zero attached hydrogens (tertiary/aromatic N) is 3. The van der Waals surface area contributed by atoms with Crippen molar-refractivity contribution in [3.63, 3.8) is 0 Å². The third-order valence-electron chi connectivity index (χ3n) is 3.77. The lowest BCUT2D eigenvalue weighted by atomic mass is 10.2. The molecule has 0 radical (unpaired) electrons. The number of hydrazine groups is 2. The van der Waals surface area contributed by atoms with Crippen molar-refractivity contribution in [1.82, 2.24) is 25.8 Å². The van der Waals surface area contributed by atoms with Gasteiger partial charge in [-0.3, -0.25) is 36.3 Å². The van der Waals surface area contributed by atoms with Crippen molar-refractivity contribution >= 4 is 29.1 Å². The Morgan fingerprint density at radius 2 is 1.38 bits per heavy atom. The van der Waals surface area contributed by atoms with E-state index in [2.05, 4.69) is 36.7 Å². The van der Waals surface area contributed by atoms with Crippen molar-refractivity contribution in [2.24, 2.45) is 0 Å². The summed E-state index contributed by atoms with van der Waals surface area (Å²) in [4.78, 5) is 36.1. The Hall–Kier alpha value is -4.41. The van der Waals surface area contributed by atoms with E-state index in [0.717, 1.165) is 0 Å². The maximum atomic E-state index is 12.2. The van der Waals surface area contributed by atoms with Crippen molar-refractivity contribution in [1.29, 1.82) is 0 Å². The first-order valence-corrected chi connectivity index (χ1v) is 8.35. The van der Waals surface area contributed by atoms with Gasteiger partial charge in [0.15, 0.2) is 11.6 Å². The molecule has 3 rings (SSSR count). The molecule has 0 spiro atoms. The fourth-order valence-corrected chi connectivity index (χ4v) is 2.22. The molecule has 148 valence electrons. The predicted octanol–water partition coefficient (Wildman–Crippen LogP) is 0.976. The van der Waals surface area contributed by atoms with Gasteiger partial charge in [-0.25, -0.2) is 9.97 Å². The number of hydrogen-bond donors (Lipinski definition) is 5. The number of nitrogens with two attached hydrogens (primary N) is 1. The number of nitrogens with one attached hydrogen (secondary N) is 4. The van der Waals surface area contributed by atoms with E-state index in [0.29, 0.717) is 16.9 Å². The molecule has 0 aliphatic heterocycles. The molecule has 0 bridgehead atoms. The lowest BCUT2D eigenvalue weighted by molar-refractivity contribution is 0.0954. The monoisotopic (exact) mass is 394 g/mol. The Bertz CT molecular complexity index is 996. The highest BCUT2D eigenvalue weighted by Gasteiger charge is 2.12. The highest BCUT2D eigenvalue weighted by Crippen LogP contribution is 2.21. The number of methoxy groups -OCH3 is 1. The Labute approximate surface area is 165 Å². The summed E-state index contributed by atoms with van der Waals surface area (Å²) >= 11 is 0.